The quantitative estimate of drug-likeness (QED) is 0.591. The summed E-state index contributed by atoms with van der Waals surface area (Å²) in [5.74, 6) is 1.83. The molecule has 3 atom stereocenters. The van der Waals surface area contributed by atoms with Gasteiger partial charge in [-0.2, -0.15) is 0 Å². The first kappa shape index (κ1) is 20.2. The van der Waals surface area contributed by atoms with Crippen molar-refractivity contribution < 1.29 is 4.79 Å². The number of hydrogen-bond donors (Lipinski definition) is 1. The standard InChI is InChI=1S/C23H21Cl2N5O/c24-15-3-6-18(22-26-8-1-9-27-22)19(11-15)23(31)30-17(5-2-14-10-20(14)30)13-29-21-7-4-16(25)12-28-21/h1,3-4,6-9,11-12,14,17,20H,2,5,10,13H2,(H,28,29)/t14-,17-,20+/m0/s1. The molecule has 0 radical (unpaired) electrons. The molecule has 1 amide bonds. The second-order valence-electron chi connectivity index (χ2n) is 8.01. The number of fused-ring (bicyclic) bond motifs is 1. The van der Waals surface area contributed by atoms with Gasteiger partial charge < -0.3 is 10.2 Å². The Morgan fingerprint density at radius 3 is 2.65 bits per heavy atom. The Labute approximate surface area is 190 Å². The molecule has 8 heteroatoms. The smallest absolute Gasteiger partial charge is 0.255 e. The molecule has 2 aliphatic rings. The number of likely N-dealkylation sites (tertiary alicyclic amines) is 1. The molecule has 1 N–H and O–H groups in total. The van der Waals surface area contributed by atoms with E-state index >= 15 is 0 Å². The number of carbonyl (C=O) groups is 1. The lowest BCUT2D eigenvalue weighted by molar-refractivity contribution is 0.0604. The van der Waals surface area contributed by atoms with Gasteiger partial charge in [-0.15, -0.1) is 0 Å². The first-order valence-corrected chi connectivity index (χ1v) is 11.1. The van der Waals surface area contributed by atoms with Crippen LogP contribution in [0.15, 0.2) is 55.0 Å². The Balaban J connectivity index is 1.43. The highest BCUT2D eigenvalue weighted by Gasteiger charge is 2.50. The zero-order chi connectivity index (χ0) is 21.4. The number of nitrogens with one attached hydrogen (secondary N) is 1. The molecule has 1 saturated heterocycles. The van der Waals surface area contributed by atoms with Gasteiger partial charge in [-0.25, -0.2) is 15.0 Å². The lowest BCUT2D eigenvalue weighted by Crippen LogP contribution is -2.48. The maximum Gasteiger partial charge on any atom is 0.255 e. The number of anilines is 1. The predicted octanol–water partition coefficient (Wildman–Crippen LogP) is 4.95. The molecule has 3 aromatic rings. The third kappa shape index (κ3) is 4.23. The van der Waals surface area contributed by atoms with E-state index in [-0.39, 0.29) is 18.0 Å². The minimum Gasteiger partial charge on any atom is -0.368 e. The van der Waals surface area contributed by atoms with E-state index in [1.807, 2.05) is 17.0 Å². The van der Waals surface area contributed by atoms with Crippen molar-refractivity contribution in [3.63, 3.8) is 0 Å². The van der Waals surface area contributed by atoms with Gasteiger partial charge in [0.15, 0.2) is 5.82 Å². The molecule has 31 heavy (non-hydrogen) atoms. The minimum absolute atomic E-state index is 0.0204. The van der Waals surface area contributed by atoms with Gasteiger partial charge in [-0.05, 0) is 61.6 Å². The Morgan fingerprint density at radius 1 is 1.06 bits per heavy atom. The van der Waals surface area contributed by atoms with E-state index in [0.29, 0.717) is 39.5 Å². The number of aromatic nitrogens is 3. The van der Waals surface area contributed by atoms with Crippen molar-refractivity contribution in [3.8, 4) is 11.4 Å². The number of rotatable bonds is 5. The highest BCUT2D eigenvalue weighted by molar-refractivity contribution is 6.31. The molecular weight excluding hydrogens is 433 g/mol. The fraction of sp³-hybridized carbons (Fsp3) is 0.304. The number of hydrogen-bond acceptors (Lipinski definition) is 5. The SMILES string of the molecule is O=C(c1cc(Cl)ccc1-c1ncccn1)N1[C@H](CNc2ccc(Cl)cn2)CC[C@H]2C[C@H]21. The molecule has 2 fully saturated rings. The van der Waals surface area contributed by atoms with Crippen LogP contribution in [0, 0.1) is 5.92 Å². The number of nitrogens with zero attached hydrogens (tertiary/aromatic N) is 4. The van der Waals surface area contributed by atoms with Gasteiger partial charge >= 0.3 is 0 Å². The van der Waals surface area contributed by atoms with Gasteiger partial charge in [0.2, 0.25) is 0 Å². The lowest BCUT2D eigenvalue weighted by atomic mass is 9.98. The zero-order valence-electron chi connectivity index (χ0n) is 16.7. The van der Waals surface area contributed by atoms with Gasteiger partial charge in [0.05, 0.1) is 10.6 Å². The van der Waals surface area contributed by atoms with Gasteiger partial charge in [0.25, 0.3) is 5.91 Å². The summed E-state index contributed by atoms with van der Waals surface area (Å²) in [6.45, 7) is 0.626. The largest absolute Gasteiger partial charge is 0.368 e. The first-order chi connectivity index (χ1) is 15.1. The number of piperidine rings is 1. The summed E-state index contributed by atoms with van der Waals surface area (Å²) in [5, 5.41) is 4.48. The van der Waals surface area contributed by atoms with Crippen molar-refractivity contribution in [2.75, 3.05) is 11.9 Å². The minimum atomic E-state index is -0.0204. The van der Waals surface area contributed by atoms with Gasteiger partial charge in [0.1, 0.15) is 5.82 Å². The van der Waals surface area contributed by atoms with Crippen LogP contribution in [0.2, 0.25) is 10.0 Å². The summed E-state index contributed by atoms with van der Waals surface area (Å²) in [6, 6.07) is 11.1. The van der Waals surface area contributed by atoms with Gasteiger partial charge in [-0.3, -0.25) is 4.79 Å². The molecular formula is C23H21Cl2N5O. The average Bonchev–Trinajstić information content (AvgIpc) is 3.58. The van der Waals surface area contributed by atoms with Crippen molar-refractivity contribution in [3.05, 3.63) is 70.6 Å². The van der Waals surface area contributed by atoms with E-state index in [1.54, 1.807) is 42.9 Å². The topological polar surface area (TPSA) is 71.0 Å². The van der Waals surface area contributed by atoms with E-state index in [9.17, 15) is 4.79 Å². The highest BCUT2D eigenvalue weighted by Crippen LogP contribution is 2.46. The summed E-state index contributed by atoms with van der Waals surface area (Å²) in [6.07, 6.45) is 8.11. The number of carbonyl (C=O) groups excluding carboxylic acids is 1. The van der Waals surface area contributed by atoms with Crippen LogP contribution < -0.4 is 5.32 Å². The molecule has 5 rings (SSSR count). The molecule has 1 aliphatic carbocycles. The second kappa shape index (κ2) is 8.44. The van der Waals surface area contributed by atoms with Crippen LogP contribution in [0.5, 0.6) is 0 Å². The summed E-state index contributed by atoms with van der Waals surface area (Å²) in [5.41, 5.74) is 1.24. The van der Waals surface area contributed by atoms with Crippen molar-refractivity contribution in [2.24, 2.45) is 5.92 Å². The Hall–Kier alpha value is -2.70. The van der Waals surface area contributed by atoms with E-state index < -0.39 is 0 Å². The first-order valence-electron chi connectivity index (χ1n) is 10.3. The fourth-order valence-corrected chi connectivity index (χ4v) is 4.67. The van der Waals surface area contributed by atoms with E-state index in [4.69, 9.17) is 23.2 Å². The van der Waals surface area contributed by atoms with E-state index in [1.165, 1.54) is 0 Å². The number of pyridine rings is 1. The fourth-order valence-electron chi connectivity index (χ4n) is 4.38. The Morgan fingerprint density at radius 2 is 1.87 bits per heavy atom. The lowest BCUT2D eigenvalue weighted by Gasteiger charge is -2.36. The number of amides is 1. The molecule has 6 nitrogen and oxygen atoms in total. The molecule has 0 spiro atoms. The van der Waals surface area contributed by atoms with Crippen LogP contribution in [-0.4, -0.2) is 44.4 Å². The predicted molar refractivity (Wildman–Crippen MR) is 121 cm³/mol. The molecule has 0 unspecified atom stereocenters. The number of halogens is 2. The van der Waals surface area contributed by atoms with Crippen LogP contribution in [0.3, 0.4) is 0 Å². The molecule has 1 aliphatic heterocycles. The average molecular weight is 454 g/mol. The molecule has 1 aromatic carbocycles. The van der Waals surface area contributed by atoms with Crippen molar-refractivity contribution >= 4 is 34.9 Å². The van der Waals surface area contributed by atoms with Crippen LogP contribution in [0.1, 0.15) is 29.6 Å². The van der Waals surface area contributed by atoms with Crippen LogP contribution in [-0.2, 0) is 0 Å². The number of benzene rings is 1. The Kier molecular flexibility index (Phi) is 5.50. The van der Waals surface area contributed by atoms with Crippen molar-refractivity contribution in [1.82, 2.24) is 19.9 Å². The normalized spacial score (nSPS) is 22.0. The van der Waals surface area contributed by atoms with Crippen molar-refractivity contribution in [2.45, 2.75) is 31.3 Å². The van der Waals surface area contributed by atoms with Crippen LogP contribution >= 0.6 is 23.2 Å². The molecule has 158 valence electrons. The zero-order valence-corrected chi connectivity index (χ0v) is 18.2. The maximum absolute atomic E-state index is 13.8. The van der Waals surface area contributed by atoms with Crippen LogP contribution in [0.25, 0.3) is 11.4 Å². The molecule has 2 aromatic heterocycles. The summed E-state index contributed by atoms with van der Waals surface area (Å²) in [4.78, 5) is 28.8. The van der Waals surface area contributed by atoms with E-state index in [0.717, 1.165) is 25.1 Å². The van der Waals surface area contributed by atoms with E-state index in [2.05, 4.69) is 20.3 Å². The summed E-state index contributed by atoms with van der Waals surface area (Å²) in [7, 11) is 0. The monoisotopic (exact) mass is 453 g/mol. The summed E-state index contributed by atoms with van der Waals surface area (Å²) >= 11 is 12.2. The third-order valence-corrected chi connectivity index (χ3v) is 6.46. The maximum atomic E-state index is 13.8. The Bertz CT molecular complexity index is 1090. The van der Waals surface area contributed by atoms with Crippen molar-refractivity contribution in [1.29, 1.82) is 0 Å². The third-order valence-electron chi connectivity index (χ3n) is 6.01. The molecule has 1 saturated carbocycles. The van der Waals surface area contributed by atoms with Gasteiger partial charge in [0, 0.05) is 47.8 Å². The van der Waals surface area contributed by atoms with Gasteiger partial charge in [-0.1, -0.05) is 23.2 Å². The molecule has 3 heterocycles. The second-order valence-corrected chi connectivity index (χ2v) is 8.88. The summed E-state index contributed by atoms with van der Waals surface area (Å²) < 4.78 is 0. The van der Waals surface area contributed by atoms with Crippen LogP contribution in [0.4, 0.5) is 5.82 Å². The molecule has 0 bridgehead atoms. The highest BCUT2D eigenvalue weighted by atomic mass is 35.5.